The summed E-state index contributed by atoms with van der Waals surface area (Å²) in [4.78, 5) is 28.7. The van der Waals surface area contributed by atoms with Crippen molar-refractivity contribution in [3.8, 4) is 0 Å². The molecule has 0 radical (unpaired) electrons. The zero-order valence-electron chi connectivity index (χ0n) is 27.2. The van der Waals surface area contributed by atoms with Crippen LogP contribution in [0.1, 0.15) is 85.0 Å². The van der Waals surface area contributed by atoms with E-state index in [0.29, 0.717) is 82.8 Å². The molecule has 2 aromatic carbocycles. The second kappa shape index (κ2) is 13.9. The molecule has 1 saturated heterocycles. The standard InChI is InChI=1S/C36H39F8N3O2/c1-22-9-10-30-28(17-22)27-7-3-4-8-29(27)34(30,32(49)45-21-35(39,40)41)13-5-6-14-47-15-11-26(12-16-47)46-31(48)23-18-24(33(2,37)38)20-25(19-23)36(42,43)44/h3-4,7-10,18-20,22,26H,5-6,11-17,21H2,1-2H3,(H,45,49)(H,46,48). The SMILES string of the molecule is CC1C=CC2=C(C1)c1ccccc1C2(CCCCN1CCC(NC(=O)c2cc(C(C)(F)F)cc(C(F)(F)F)c2)CC1)C(=O)NCC(F)(F)F. The molecule has 0 aromatic heterocycles. The van der Waals surface area contributed by atoms with E-state index in [1.54, 1.807) is 6.07 Å². The number of rotatable bonds is 10. The first-order valence-electron chi connectivity index (χ1n) is 16.4. The maximum absolute atomic E-state index is 13.9. The van der Waals surface area contributed by atoms with E-state index in [1.807, 2.05) is 30.4 Å². The van der Waals surface area contributed by atoms with Crippen LogP contribution in [0.25, 0.3) is 5.57 Å². The highest BCUT2D eigenvalue weighted by molar-refractivity contribution is 6.01. The van der Waals surface area contributed by atoms with Gasteiger partial charge in [0.15, 0.2) is 0 Å². The zero-order chi connectivity index (χ0) is 35.8. The minimum atomic E-state index is -4.90. The number of benzene rings is 2. The number of amides is 2. The molecule has 2 unspecified atom stereocenters. The molecule has 1 heterocycles. The van der Waals surface area contributed by atoms with Crippen molar-refractivity contribution < 1.29 is 44.7 Å². The Labute approximate surface area is 279 Å². The first-order valence-corrected chi connectivity index (χ1v) is 16.4. The number of carbonyl (C=O) groups is 2. The first kappa shape index (κ1) is 36.5. The molecule has 266 valence electrons. The van der Waals surface area contributed by atoms with E-state index in [2.05, 4.69) is 22.5 Å². The van der Waals surface area contributed by atoms with Gasteiger partial charge in [-0.15, -0.1) is 0 Å². The molecule has 2 aromatic rings. The number of unbranched alkanes of at least 4 members (excludes halogenated alkanes) is 1. The van der Waals surface area contributed by atoms with Crippen molar-refractivity contribution in [1.29, 1.82) is 0 Å². The van der Waals surface area contributed by atoms with Crippen LogP contribution in [-0.4, -0.2) is 55.1 Å². The smallest absolute Gasteiger partial charge is 0.349 e. The summed E-state index contributed by atoms with van der Waals surface area (Å²) in [6.45, 7) is 2.84. The number of hydrogen-bond donors (Lipinski definition) is 2. The second-order valence-corrected chi connectivity index (χ2v) is 13.4. The van der Waals surface area contributed by atoms with Crippen molar-refractivity contribution in [2.24, 2.45) is 5.92 Å². The summed E-state index contributed by atoms with van der Waals surface area (Å²) in [5.74, 6) is -4.88. The summed E-state index contributed by atoms with van der Waals surface area (Å²) < 4.78 is 107. The third-order valence-electron chi connectivity index (χ3n) is 9.68. The third-order valence-corrected chi connectivity index (χ3v) is 9.68. The molecular formula is C36H39F8N3O2. The Morgan fingerprint density at radius 1 is 0.939 bits per heavy atom. The predicted octanol–water partition coefficient (Wildman–Crippen LogP) is 8.16. The van der Waals surface area contributed by atoms with Gasteiger partial charge in [0.2, 0.25) is 5.91 Å². The molecule has 1 aliphatic heterocycles. The van der Waals surface area contributed by atoms with E-state index in [-0.39, 0.29) is 12.0 Å². The Kier molecular flexibility index (Phi) is 10.3. The van der Waals surface area contributed by atoms with Gasteiger partial charge < -0.3 is 15.5 Å². The molecule has 0 saturated carbocycles. The monoisotopic (exact) mass is 697 g/mol. The fraction of sp³-hybridized carbons (Fsp3) is 0.500. The summed E-state index contributed by atoms with van der Waals surface area (Å²) in [6.07, 6.45) is -2.42. The van der Waals surface area contributed by atoms with Crippen LogP contribution < -0.4 is 10.6 Å². The molecular weight excluding hydrogens is 658 g/mol. The summed E-state index contributed by atoms with van der Waals surface area (Å²) in [5, 5.41) is 4.85. The van der Waals surface area contributed by atoms with Crippen molar-refractivity contribution in [3.63, 3.8) is 0 Å². The number of nitrogens with one attached hydrogen (secondary N) is 2. The molecule has 1 fully saturated rings. The lowest BCUT2D eigenvalue weighted by molar-refractivity contribution is -0.141. The highest BCUT2D eigenvalue weighted by atomic mass is 19.4. The fourth-order valence-electron chi connectivity index (χ4n) is 7.21. The van der Waals surface area contributed by atoms with Crippen LogP contribution in [0.4, 0.5) is 35.1 Å². The third kappa shape index (κ3) is 8.19. The van der Waals surface area contributed by atoms with Gasteiger partial charge in [-0.3, -0.25) is 9.59 Å². The molecule has 2 amide bonds. The van der Waals surface area contributed by atoms with Crippen LogP contribution in [0.2, 0.25) is 0 Å². The summed E-state index contributed by atoms with van der Waals surface area (Å²) >= 11 is 0. The molecule has 5 nitrogen and oxygen atoms in total. The number of piperidine rings is 1. The van der Waals surface area contributed by atoms with Crippen LogP contribution in [-0.2, 0) is 22.3 Å². The highest BCUT2D eigenvalue weighted by Crippen LogP contribution is 2.53. The summed E-state index contributed by atoms with van der Waals surface area (Å²) in [5.41, 5.74) is -0.624. The Morgan fingerprint density at radius 3 is 2.27 bits per heavy atom. The molecule has 3 aliphatic rings. The molecule has 2 atom stereocenters. The maximum atomic E-state index is 13.9. The number of hydrogen-bond acceptors (Lipinski definition) is 3. The van der Waals surface area contributed by atoms with Crippen molar-refractivity contribution in [1.82, 2.24) is 15.5 Å². The van der Waals surface area contributed by atoms with Crippen LogP contribution in [0.15, 0.2) is 60.2 Å². The minimum absolute atomic E-state index is 0.220. The second-order valence-electron chi connectivity index (χ2n) is 13.4. The molecule has 0 bridgehead atoms. The topological polar surface area (TPSA) is 61.4 Å². The average molecular weight is 698 g/mol. The van der Waals surface area contributed by atoms with Crippen molar-refractivity contribution in [2.75, 3.05) is 26.2 Å². The lowest BCUT2D eigenvalue weighted by Crippen LogP contribution is -2.47. The van der Waals surface area contributed by atoms with Crippen LogP contribution in [0.5, 0.6) is 0 Å². The lowest BCUT2D eigenvalue weighted by Gasteiger charge is -2.34. The normalized spacial score (nSPS) is 21.8. The quantitative estimate of drug-likeness (QED) is 0.195. The number of carbonyl (C=O) groups excluding carboxylic acids is 2. The summed E-state index contributed by atoms with van der Waals surface area (Å²) in [6, 6.07) is 8.73. The van der Waals surface area contributed by atoms with Gasteiger partial charge in [0.05, 0.1) is 11.0 Å². The van der Waals surface area contributed by atoms with Gasteiger partial charge in [-0.05, 0) is 85.0 Å². The van der Waals surface area contributed by atoms with Gasteiger partial charge in [-0.2, -0.15) is 26.3 Å². The number of likely N-dealkylation sites (tertiary alicyclic amines) is 1. The Balaban J connectivity index is 1.20. The van der Waals surface area contributed by atoms with E-state index in [4.69, 9.17) is 0 Å². The lowest BCUT2D eigenvalue weighted by atomic mass is 9.71. The summed E-state index contributed by atoms with van der Waals surface area (Å²) in [7, 11) is 0. The van der Waals surface area contributed by atoms with Crippen molar-refractivity contribution >= 4 is 17.4 Å². The van der Waals surface area contributed by atoms with E-state index in [0.717, 1.165) is 22.8 Å². The van der Waals surface area contributed by atoms with Crippen LogP contribution in [0.3, 0.4) is 0 Å². The predicted molar refractivity (Wildman–Crippen MR) is 169 cm³/mol. The van der Waals surface area contributed by atoms with E-state index >= 15 is 0 Å². The van der Waals surface area contributed by atoms with Gasteiger partial charge in [0, 0.05) is 37.2 Å². The Morgan fingerprint density at radius 2 is 1.61 bits per heavy atom. The molecule has 2 aliphatic carbocycles. The van der Waals surface area contributed by atoms with E-state index < -0.39 is 58.7 Å². The number of nitrogens with zero attached hydrogens (tertiary/aromatic N) is 1. The zero-order valence-corrected chi connectivity index (χ0v) is 27.2. The number of alkyl halides is 8. The van der Waals surface area contributed by atoms with Gasteiger partial charge in [0.1, 0.15) is 6.54 Å². The van der Waals surface area contributed by atoms with Gasteiger partial charge in [-0.25, -0.2) is 8.78 Å². The van der Waals surface area contributed by atoms with E-state index in [9.17, 15) is 44.7 Å². The molecule has 0 spiro atoms. The van der Waals surface area contributed by atoms with Crippen LogP contribution in [0, 0.1) is 5.92 Å². The van der Waals surface area contributed by atoms with Crippen molar-refractivity contribution in [3.05, 3.63) is 88.0 Å². The number of allylic oxidation sites excluding steroid dienone is 3. The minimum Gasteiger partial charge on any atom is -0.349 e. The molecule has 5 rings (SSSR count). The van der Waals surface area contributed by atoms with E-state index in [1.165, 1.54) is 0 Å². The first-order chi connectivity index (χ1) is 22.9. The number of fused-ring (bicyclic) bond motifs is 2. The molecule has 49 heavy (non-hydrogen) atoms. The Hall–Kier alpha value is -3.74. The Bertz CT molecular complexity index is 1580. The largest absolute Gasteiger partial charge is 0.416 e. The average Bonchev–Trinajstić information content (AvgIpc) is 3.31. The molecule has 2 N–H and O–H groups in total. The fourth-order valence-corrected chi connectivity index (χ4v) is 7.21. The highest BCUT2D eigenvalue weighted by Gasteiger charge is 2.50. The van der Waals surface area contributed by atoms with Gasteiger partial charge in [-0.1, -0.05) is 49.8 Å². The molecule has 13 heteroatoms. The number of halogens is 8. The van der Waals surface area contributed by atoms with Gasteiger partial charge in [0.25, 0.3) is 11.8 Å². The van der Waals surface area contributed by atoms with Crippen molar-refractivity contribution in [2.45, 2.75) is 82.1 Å². The van der Waals surface area contributed by atoms with Crippen LogP contribution >= 0.6 is 0 Å². The maximum Gasteiger partial charge on any atom is 0.416 e. The van der Waals surface area contributed by atoms with Gasteiger partial charge >= 0.3 is 12.4 Å².